The van der Waals surface area contributed by atoms with Gasteiger partial charge in [0.15, 0.2) is 0 Å². The molecule has 1 heterocycles. The van der Waals surface area contributed by atoms with Crippen molar-refractivity contribution in [1.29, 1.82) is 0 Å². The highest BCUT2D eigenvalue weighted by atomic mass is 32.1. The molecule has 0 unspecified atom stereocenters. The zero-order valence-corrected chi connectivity index (χ0v) is 11.7. The summed E-state index contributed by atoms with van der Waals surface area (Å²) in [6.45, 7) is 2.25. The first-order valence-corrected chi connectivity index (χ1v) is 6.66. The maximum absolute atomic E-state index is 11.9. The highest BCUT2D eigenvalue weighted by Gasteiger charge is 2.11. The zero-order chi connectivity index (χ0) is 14.7. The van der Waals surface area contributed by atoms with E-state index in [-0.39, 0.29) is 11.2 Å². The summed E-state index contributed by atoms with van der Waals surface area (Å²) in [6, 6.07) is 7.80. The van der Waals surface area contributed by atoms with E-state index in [9.17, 15) is 14.9 Å². The Balaban J connectivity index is 2.60. The minimum atomic E-state index is -0.459. The summed E-state index contributed by atoms with van der Waals surface area (Å²) >= 11 is 4.13. The number of aryl methyl sites for hydroxylation is 1. The Kier molecular flexibility index (Phi) is 4.19. The molecule has 104 valence electrons. The van der Waals surface area contributed by atoms with Gasteiger partial charge in [0.25, 0.3) is 11.2 Å². The number of hydrogen-bond donors (Lipinski definition) is 1. The van der Waals surface area contributed by atoms with Crippen LogP contribution >= 0.6 is 12.6 Å². The van der Waals surface area contributed by atoms with Crippen molar-refractivity contribution >= 4 is 18.3 Å². The minimum absolute atomic E-state index is 0.00836. The van der Waals surface area contributed by atoms with E-state index in [1.165, 1.54) is 16.8 Å². The van der Waals surface area contributed by atoms with Crippen molar-refractivity contribution in [2.75, 3.05) is 0 Å². The Labute approximate surface area is 120 Å². The zero-order valence-electron chi connectivity index (χ0n) is 10.8. The Morgan fingerprint density at radius 1 is 1.40 bits per heavy atom. The first-order valence-electron chi connectivity index (χ1n) is 6.03. The van der Waals surface area contributed by atoms with Gasteiger partial charge in [0.2, 0.25) is 0 Å². The average Bonchev–Trinajstić information content (AvgIpc) is 2.47. The van der Waals surface area contributed by atoms with Gasteiger partial charge in [0.1, 0.15) is 0 Å². The van der Waals surface area contributed by atoms with Gasteiger partial charge in [-0.15, -0.1) is 0 Å². The van der Waals surface area contributed by atoms with Gasteiger partial charge >= 0.3 is 0 Å². The first-order chi connectivity index (χ1) is 9.56. The average molecular weight is 291 g/mol. The van der Waals surface area contributed by atoms with Gasteiger partial charge in [-0.25, -0.2) is 4.68 Å². The monoisotopic (exact) mass is 291 g/mol. The van der Waals surface area contributed by atoms with Gasteiger partial charge in [-0.1, -0.05) is 12.1 Å². The Morgan fingerprint density at radius 2 is 2.15 bits per heavy atom. The molecule has 0 atom stereocenters. The molecule has 0 saturated heterocycles. The van der Waals surface area contributed by atoms with E-state index in [0.717, 1.165) is 0 Å². The number of nitro groups is 1. The van der Waals surface area contributed by atoms with Gasteiger partial charge in [0.05, 0.1) is 10.6 Å². The fourth-order valence-corrected chi connectivity index (χ4v) is 2.07. The maximum atomic E-state index is 11.9. The molecular formula is C13H13N3O3S. The van der Waals surface area contributed by atoms with Crippen molar-refractivity contribution in [1.82, 2.24) is 9.78 Å². The largest absolute Gasteiger partial charge is 0.270 e. The maximum Gasteiger partial charge on any atom is 0.270 e. The number of rotatable bonds is 4. The highest BCUT2D eigenvalue weighted by Crippen LogP contribution is 2.22. The van der Waals surface area contributed by atoms with Gasteiger partial charge < -0.3 is 0 Å². The third kappa shape index (κ3) is 2.72. The predicted octanol–water partition coefficient (Wildman–Crippen LogP) is 2.27. The quantitative estimate of drug-likeness (QED) is 0.532. The molecule has 7 heteroatoms. The van der Waals surface area contributed by atoms with Crippen LogP contribution in [0, 0.1) is 10.1 Å². The molecule has 1 aromatic heterocycles. The summed E-state index contributed by atoms with van der Waals surface area (Å²) < 4.78 is 1.33. The van der Waals surface area contributed by atoms with Crippen LogP contribution in [-0.4, -0.2) is 14.7 Å². The molecule has 2 aromatic rings. The van der Waals surface area contributed by atoms with Gasteiger partial charge in [-0.05, 0) is 13.0 Å². The summed E-state index contributed by atoms with van der Waals surface area (Å²) in [5.41, 5.74) is 1.46. The van der Waals surface area contributed by atoms with E-state index in [4.69, 9.17) is 0 Å². The first kappa shape index (κ1) is 14.3. The van der Waals surface area contributed by atoms with Crippen LogP contribution in [0.3, 0.4) is 0 Å². The summed E-state index contributed by atoms with van der Waals surface area (Å²) in [5, 5.41) is 15.0. The minimum Gasteiger partial charge on any atom is -0.267 e. The third-order valence-corrected chi connectivity index (χ3v) is 3.21. The van der Waals surface area contributed by atoms with E-state index >= 15 is 0 Å². The fraction of sp³-hybridized carbons (Fsp3) is 0.231. The van der Waals surface area contributed by atoms with Crippen LogP contribution < -0.4 is 5.56 Å². The second-order valence-electron chi connectivity index (χ2n) is 4.14. The summed E-state index contributed by atoms with van der Waals surface area (Å²) in [6.07, 6.45) is 0. The summed E-state index contributed by atoms with van der Waals surface area (Å²) in [4.78, 5) is 22.3. The lowest BCUT2D eigenvalue weighted by Crippen LogP contribution is -2.25. The molecule has 0 aliphatic heterocycles. The molecule has 0 radical (unpaired) electrons. The number of nitrogens with zero attached hydrogens (tertiary/aromatic N) is 3. The van der Waals surface area contributed by atoms with Crippen LogP contribution in [0.2, 0.25) is 0 Å². The van der Waals surface area contributed by atoms with Crippen LogP contribution in [-0.2, 0) is 12.3 Å². The summed E-state index contributed by atoms with van der Waals surface area (Å²) in [5.74, 6) is 0.295. The second-order valence-corrected chi connectivity index (χ2v) is 4.46. The second kappa shape index (κ2) is 5.87. The number of benzene rings is 1. The topological polar surface area (TPSA) is 78.0 Å². The normalized spacial score (nSPS) is 10.5. The molecule has 0 aliphatic carbocycles. The lowest BCUT2D eigenvalue weighted by atomic mass is 10.1. The van der Waals surface area contributed by atoms with E-state index in [1.807, 2.05) is 6.92 Å². The van der Waals surface area contributed by atoms with Gasteiger partial charge in [-0.2, -0.15) is 17.7 Å². The Bertz CT molecular complexity index is 684. The molecule has 0 aliphatic rings. The van der Waals surface area contributed by atoms with Crippen molar-refractivity contribution in [3.63, 3.8) is 0 Å². The number of non-ortho nitro benzene ring substituents is 1. The van der Waals surface area contributed by atoms with E-state index in [0.29, 0.717) is 29.1 Å². The van der Waals surface area contributed by atoms with Crippen molar-refractivity contribution in [3.05, 3.63) is 56.4 Å². The van der Waals surface area contributed by atoms with E-state index in [2.05, 4.69) is 17.7 Å². The van der Waals surface area contributed by atoms with Crippen molar-refractivity contribution in [3.8, 4) is 11.3 Å². The molecule has 0 bridgehead atoms. The molecule has 0 saturated carbocycles. The molecule has 0 N–H and O–H groups in total. The summed E-state index contributed by atoms with van der Waals surface area (Å²) in [7, 11) is 0. The van der Waals surface area contributed by atoms with Crippen LogP contribution in [0.5, 0.6) is 0 Å². The number of aromatic nitrogens is 2. The number of nitro benzene ring substituents is 1. The predicted molar refractivity (Wildman–Crippen MR) is 79.0 cm³/mol. The van der Waals surface area contributed by atoms with Crippen LogP contribution in [0.15, 0.2) is 35.1 Å². The molecular weight excluding hydrogens is 278 g/mol. The smallest absolute Gasteiger partial charge is 0.267 e. The molecule has 1 aromatic carbocycles. The Hall–Kier alpha value is -2.15. The molecule has 6 nitrogen and oxygen atoms in total. The van der Waals surface area contributed by atoms with Gasteiger partial charge in [0, 0.05) is 35.6 Å². The van der Waals surface area contributed by atoms with E-state index in [1.54, 1.807) is 18.2 Å². The van der Waals surface area contributed by atoms with Gasteiger partial charge in [-0.3, -0.25) is 14.9 Å². The van der Waals surface area contributed by atoms with Crippen LogP contribution in [0.4, 0.5) is 5.69 Å². The molecule has 0 fully saturated rings. The van der Waals surface area contributed by atoms with Crippen molar-refractivity contribution in [2.24, 2.45) is 0 Å². The van der Waals surface area contributed by atoms with E-state index < -0.39 is 4.92 Å². The number of thiol groups is 1. The highest BCUT2D eigenvalue weighted by molar-refractivity contribution is 7.79. The van der Waals surface area contributed by atoms with Crippen LogP contribution in [0.25, 0.3) is 11.3 Å². The van der Waals surface area contributed by atoms with Crippen molar-refractivity contribution < 1.29 is 4.92 Å². The third-order valence-electron chi connectivity index (χ3n) is 2.87. The van der Waals surface area contributed by atoms with Crippen molar-refractivity contribution in [2.45, 2.75) is 19.2 Å². The molecule has 0 spiro atoms. The molecule has 0 amide bonds. The SMILES string of the molecule is CCn1nc(-c2cccc([N+](=O)[O-])c2)cc(CS)c1=O. The van der Waals surface area contributed by atoms with Crippen LogP contribution in [0.1, 0.15) is 12.5 Å². The lowest BCUT2D eigenvalue weighted by molar-refractivity contribution is -0.384. The fourth-order valence-electron chi connectivity index (χ4n) is 1.84. The molecule has 2 rings (SSSR count). The number of hydrogen-bond acceptors (Lipinski definition) is 5. The Morgan fingerprint density at radius 3 is 2.75 bits per heavy atom. The lowest BCUT2D eigenvalue weighted by Gasteiger charge is -2.08. The molecule has 20 heavy (non-hydrogen) atoms. The standard InChI is InChI=1S/C13H13N3O3S/c1-2-15-13(17)10(8-20)7-12(14-15)9-4-3-5-11(6-9)16(18)19/h3-7,20H,2,8H2,1H3.